The number of hydrogen-bond acceptors (Lipinski definition) is 0. The van der Waals surface area contributed by atoms with E-state index in [1.807, 2.05) is 24.3 Å². The van der Waals surface area contributed by atoms with E-state index in [0.29, 0.717) is 0 Å². The first-order valence-corrected chi connectivity index (χ1v) is 5.96. The van der Waals surface area contributed by atoms with Crippen LogP contribution in [0, 0.1) is 12.1 Å². The van der Waals surface area contributed by atoms with Crippen molar-refractivity contribution in [2.45, 2.75) is 0 Å². The summed E-state index contributed by atoms with van der Waals surface area (Å²) < 4.78 is 0. The Morgan fingerprint density at radius 2 is 0.667 bits per heavy atom. The van der Waals surface area contributed by atoms with E-state index < -0.39 is 0 Å². The van der Waals surface area contributed by atoms with Crippen LogP contribution in [0.15, 0.2) is 72.8 Å². The Morgan fingerprint density at radius 1 is 0.389 bits per heavy atom. The highest BCUT2D eigenvalue weighted by Gasteiger charge is 1.98. The van der Waals surface area contributed by atoms with Crippen molar-refractivity contribution in [3.05, 3.63) is 84.9 Å². The van der Waals surface area contributed by atoms with Crippen molar-refractivity contribution in [2.24, 2.45) is 0 Å². The molecule has 0 bridgehead atoms. The molecule has 0 aliphatic heterocycles. The summed E-state index contributed by atoms with van der Waals surface area (Å²) in [6.07, 6.45) is 0. The summed E-state index contributed by atoms with van der Waals surface area (Å²) in [4.78, 5) is 0. The highest BCUT2D eigenvalue weighted by atomic mass is 14.0. The summed E-state index contributed by atoms with van der Waals surface area (Å²) >= 11 is 0. The molecule has 0 aliphatic carbocycles. The first-order valence-electron chi connectivity index (χ1n) is 5.96. The summed E-state index contributed by atoms with van der Waals surface area (Å²) in [5.74, 6) is 0. The van der Waals surface area contributed by atoms with Gasteiger partial charge in [0.2, 0.25) is 0 Å². The third-order valence-electron chi connectivity index (χ3n) is 2.99. The zero-order chi connectivity index (χ0) is 12.2. The molecular formula is C18H12. The number of benzene rings is 3. The molecule has 0 saturated heterocycles. The van der Waals surface area contributed by atoms with Crippen molar-refractivity contribution in [2.75, 3.05) is 0 Å². The van der Waals surface area contributed by atoms with Gasteiger partial charge in [0.1, 0.15) is 0 Å². The Balaban J connectivity index is 1.95. The second-order valence-corrected chi connectivity index (χ2v) is 4.15. The van der Waals surface area contributed by atoms with Crippen molar-refractivity contribution in [1.82, 2.24) is 0 Å². The average Bonchev–Trinajstić information content (AvgIpc) is 2.49. The van der Waals surface area contributed by atoms with Crippen LogP contribution < -0.4 is 0 Å². The van der Waals surface area contributed by atoms with E-state index in [9.17, 15) is 0 Å². The van der Waals surface area contributed by atoms with Crippen molar-refractivity contribution >= 4 is 0 Å². The molecule has 0 saturated carbocycles. The van der Waals surface area contributed by atoms with Gasteiger partial charge in [-0.25, -0.2) is 0 Å². The Labute approximate surface area is 108 Å². The van der Waals surface area contributed by atoms with E-state index in [1.165, 1.54) is 22.3 Å². The van der Waals surface area contributed by atoms with E-state index in [1.54, 1.807) is 0 Å². The molecule has 0 unspecified atom stereocenters. The van der Waals surface area contributed by atoms with Gasteiger partial charge in [-0.05, 0) is 34.4 Å². The third-order valence-corrected chi connectivity index (χ3v) is 2.99. The van der Waals surface area contributed by atoms with Gasteiger partial charge in [0, 0.05) is 0 Å². The van der Waals surface area contributed by atoms with Crippen molar-refractivity contribution in [3.63, 3.8) is 0 Å². The predicted molar refractivity (Wildman–Crippen MR) is 75.0 cm³/mol. The molecule has 18 heavy (non-hydrogen) atoms. The summed E-state index contributed by atoms with van der Waals surface area (Å²) in [6.45, 7) is 0. The van der Waals surface area contributed by atoms with Crippen LogP contribution in [-0.4, -0.2) is 0 Å². The third kappa shape index (κ3) is 2.18. The molecule has 3 aromatic carbocycles. The molecule has 0 aliphatic rings. The Hall–Kier alpha value is -2.34. The second-order valence-electron chi connectivity index (χ2n) is 4.15. The molecule has 0 heteroatoms. The van der Waals surface area contributed by atoms with E-state index in [-0.39, 0.29) is 0 Å². The first-order chi connectivity index (χ1) is 8.93. The first kappa shape index (κ1) is 10.8. The number of rotatable bonds is 2. The molecule has 0 atom stereocenters. The highest BCUT2D eigenvalue weighted by molar-refractivity contribution is 5.70. The van der Waals surface area contributed by atoms with Crippen LogP contribution in [0.25, 0.3) is 22.3 Å². The van der Waals surface area contributed by atoms with Gasteiger partial charge >= 0.3 is 0 Å². The standard InChI is InChI=1S/C18H12/c1-3-7-15(8-4-1)17-11-13-18(14-12-17)16-9-5-2-6-10-16/h3-14H. The SMILES string of the molecule is [c]1ccc(-c2ccc(-c3cc[c]cc3)cc2)cc1. The maximum absolute atomic E-state index is 3.04. The van der Waals surface area contributed by atoms with Crippen molar-refractivity contribution < 1.29 is 0 Å². The minimum atomic E-state index is 1.22. The minimum absolute atomic E-state index is 1.22. The van der Waals surface area contributed by atoms with Crippen LogP contribution in [0.1, 0.15) is 0 Å². The zero-order valence-electron chi connectivity index (χ0n) is 9.93. The average molecular weight is 228 g/mol. The molecule has 3 rings (SSSR count). The van der Waals surface area contributed by atoms with Crippen LogP contribution in [0.4, 0.5) is 0 Å². The number of hydrogen-bond donors (Lipinski definition) is 0. The predicted octanol–water partition coefficient (Wildman–Crippen LogP) is 4.62. The van der Waals surface area contributed by atoms with Gasteiger partial charge in [-0.15, -0.1) is 0 Å². The lowest BCUT2D eigenvalue weighted by molar-refractivity contribution is 1.58. The van der Waals surface area contributed by atoms with Gasteiger partial charge < -0.3 is 0 Å². The van der Waals surface area contributed by atoms with Gasteiger partial charge in [0.15, 0.2) is 0 Å². The molecule has 84 valence electrons. The quantitative estimate of drug-likeness (QED) is 0.600. The lowest BCUT2D eigenvalue weighted by Gasteiger charge is -2.04. The van der Waals surface area contributed by atoms with Crippen LogP contribution in [0.2, 0.25) is 0 Å². The fourth-order valence-corrected chi connectivity index (χ4v) is 2.01. The maximum atomic E-state index is 3.04. The Morgan fingerprint density at radius 3 is 1.00 bits per heavy atom. The fraction of sp³-hybridized carbons (Fsp3) is 0. The zero-order valence-corrected chi connectivity index (χ0v) is 9.93. The van der Waals surface area contributed by atoms with Crippen LogP contribution in [0.5, 0.6) is 0 Å². The molecule has 0 fully saturated rings. The molecule has 0 N–H and O–H groups in total. The van der Waals surface area contributed by atoms with Gasteiger partial charge in [-0.1, -0.05) is 72.8 Å². The summed E-state index contributed by atoms with van der Waals surface area (Å²) in [7, 11) is 0. The van der Waals surface area contributed by atoms with E-state index >= 15 is 0 Å². The van der Waals surface area contributed by atoms with Crippen LogP contribution in [0.3, 0.4) is 0 Å². The minimum Gasteiger partial charge on any atom is -0.0538 e. The van der Waals surface area contributed by atoms with Gasteiger partial charge in [0.25, 0.3) is 0 Å². The monoisotopic (exact) mass is 228 g/mol. The molecule has 0 spiro atoms. The van der Waals surface area contributed by atoms with Crippen LogP contribution in [-0.2, 0) is 0 Å². The maximum Gasteiger partial charge on any atom is -0.0184 e. The van der Waals surface area contributed by atoms with Gasteiger partial charge in [-0.2, -0.15) is 0 Å². The Bertz CT molecular complexity index is 549. The molecular weight excluding hydrogens is 216 g/mol. The smallest absolute Gasteiger partial charge is 0.0184 e. The molecule has 0 aromatic heterocycles. The van der Waals surface area contributed by atoms with Gasteiger partial charge in [0.05, 0.1) is 0 Å². The normalized spacial score (nSPS) is 10.2. The topological polar surface area (TPSA) is 0 Å². The fourth-order valence-electron chi connectivity index (χ4n) is 2.01. The van der Waals surface area contributed by atoms with E-state index in [2.05, 4.69) is 60.7 Å². The summed E-state index contributed by atoms with van der Waals surface area (Å²) in [6, 6.07) is 30.8. The molecule has 3 aromatic rings. The van der Waals surface area contributed by atoms with E-state index in [0.717, 1.165) is 0 Å². The second kappa shape index (κ2) is 4.89. The largest absolute Gasteiger partial charge is 0.0538 e. The van der Waals surface area contributed by atoms with Crippen molar-refractivity contribution in [3.8, 4) is 22.3 Å². The molecule has 2 radical (unpaired) electrons. The summed E-state index contributed by atoms with van der Waals surface area (Å²) in [5.41, 5.74) is 4.91. The molecule has 0 amide bonds. The van der Waals surface area contributed by atoms with Crippen molar-refractivity contribution in [1.29, 1.82) is 0 Å². The molecule has 0 nitrogen and oxygen atoms in total. The Kier molecular flexibility index (Phi) is 2.93. The lowest BCUT2D eigenvalue weighted by atomic mass is 10.0. The lowest BCUT2D eigenvalue weighted by Crippen LogP contribution is -1.79. The summed E-state index contributed by atoms with van der Waals surface area (Å²) in [5, 5.41) is 0. The highest BCUT2D eigenvalue weighted by Crippen LogP contribution is 2.24. The molecule has 0 heterocycles. The van der Waals surface area contributed by atoms with Crippen LogP contribution >= 0.6 is 0 Å². The van der Waals surface area contributed by atoms with Gasteiger partial charge in [-0.3, -0.25) is 0 Å². The van der Waals surface area contributed by atoms with E-state index in [4.69, 9.17) is 0 Å².